The maximum Gasteiger partial charge on any atom is 0.434 e. The third-order valence-electron chi connectivity index (χ3n) is 3.35. The third kappa shape index (κ3) is 4.97. The van der Waals surface area contributed by atoms with Crippen LogP contribution in [-0.4, -0.2) is 45.8 Å². The number of ether oxygens (including phenoxy) is 2. The first-order chi connectivity index (χ1) is 11.1. The van der Waals surface area contributed by atoms with Gasteiger partial charge in [-0.15, -0.1) is 0 Å². The first-order valence-corrected chi connectivity index (χ1v) is 7.58. The topological polar surface area (TPSA) is 64.5 Å². The predicted molar refractivity (Wildman–Crippen MR) is 78.5 cm³/mol. The molecule has 1 atom stereocenters. The van der Waals surface area contributed by atoms with E-state index >= 15 is 0 Å². The number of halogens is 3. The molecule has 134 valence electrons. The summed E-state index contributed by atoms with van der Waals surface area (Å²) in [5.41, 5.74) is -1.67. The Morgan fingerprint density at radius 1 is 1.29 bits per heavy atom. The Morgan fingerprint density at radius 3 is 2.54 bits per heavy atom. The molecule has 1 fully saturated rings. The van der Waals surface area contributed by atoms with Gasteiger partial charge in [0.2, 0.25) is 5.88 Å². The maximum atomic E-state index is 12.4. The smallest absolute Gasteiger partial charge is 0.434 e. The van der Waals surface area contributed by atoms with Crippen molar-refractivity contribution < 1.29 is 27.4 Å². The molecule has 9 heteroatoms. The Kier molecular flexibility index (Phi) is 5.19. The van der Waals surface area contributed by atoms with E-state index in [9.17, 15) is 18.0 Å². The highest BCUT2D eigenvalue weighted by molar-refractivity contribution is 5.69. The van der Waals surface area contributed by atoms with E-state index in [2.05, 4.69) is 9.97 Å². The van der Waals surface area contributed by atoms with Crippen LogP contribution in [-0.2, 0) is 10.9 Å². The lowest BCUT2D eigenvalue weighted by Gasteiger charge is -2.28. The molecular weight excluding hydrogens is 327 g/mol. The van der Waals surface area contributed by atoms with Crippen molar-refractivity contribution in [2.75, 3.05) is 13.2 Å². The van der Waals surface area contributed by atoms with Crippen LogP contribution in [0.5, 0.6) is 5.88 Å². The van der Waals surface area contributed by atoms with E-state index in [1.807, 2.05) is 0 Å². The van der Waals surface area contributed by atoms with Crippen molar-refractivity contribution in [3.63, 3.8) is 0 Å². The van der Waals surface area contributed by atoms with E-state index in [1.165, 1.54) is 0 Å². The van der Waals surface area contributed by atoms with Gasteiger partial charge in [0.1, 0.15) is 12.2 Å². The van der Waals surface area contributed by atoms with E-state index < -0.39 is 23.6 Å². The summed E-state index contributed by atoms with van der Waals surface area (Å²) in [5.74, 6) is -0.0148. The normalized spacial score (nSPS) is 18.6. The average molecular weight is 347 g/mol. The number of hydrogen-bond donors (Lipinski definition) is 0. The zero-order valence-electron chi connectivity index (χ0n) is 13.8. The Hall–Kier alpha value is -2.06. The summed E-state index contributed by atoms with van der Waals surface area (Å²) < 4.78 is 48.0. The van der Waals surface area contributed by atoms with Crippen LogP contribution < -0.4 is 4.74 Å². The molecule has 0 bridgehead atoms. The SMILES string of the molecule is CC(C)(C)OC(=O)N1CCCC1COc1cnc(C(F)(F)F)cn1. The number of aromatic nitrogens is 2. The number of carbonyl (C=O) groups excluding carboxylic acids is 1. The molecule has 0 N–H and O–H groups in total. The fourth-order valence-corrected chi connectivity index (χ4v) is 2.29. The number of hydrogen-bond acceptors (Lipinski definition) is 5. The van der Waals surface area contributed by atoms with Gasteiger partial charge in [0.25, 0.3) is 0 Å². The molecule has 2 rings (SSSR count). The van der Waals surface area contributed by atoms with Crippen molar-refractivity contribution in [3.05, 3.63) is 18.1 Å². The van der Waals surface area contributed by atoms with Gasteiger partial charge in [-0.25, -0.2) is 14.8 Å². The summed E-state index contributed by atoms with van der Waals surface area (Å²) >= 11 is 0. The second-order valence-electron chi connectivity index (χ2n) is 6.52. The standard InChI is InChI=1S/C15H20F3N3O3/c1-14(2,3)24-13(22)21-6-4-5-10(21)9-23-12-8-19-11(7-20-12)15(16,17)18/h7-8,10H,4-6,9H2,1-3H3. The van der Waals surface area contributed by atoms with Crippen LogP contribution in [0.15, 0.2) is 12.4 Å². The Bertz CT molecular complexity index is 570. The molecule has 1 amide bonds. The minimum Gasteiger partial charge on any atom is -0.474 e. The van der Waals surface area contributed by atoms with Gasteiger partial charge in [-0.2, -0.15) is 13.2 Å². The molecule has 1 unspecified atom stereocenters. The van der Waals surface area contributed by atoms with Crippen LogP contribution in [0.3, 0.4) is 0 Å². The average Bonchev–Trinajstić information content (AvgIpc) is 2.91. The predicted octanol–water partition coefficient (Wildman–Crippen LogP) is 3.27. The summed E-state index contributed by atoms with van der Waals surface area (Å²) in [5, 5.41) is 0. The van der Waals surface area contributed by atoms with Gasteiger partial charge < -0.3 is 14.4 Å². The van der Waals surface area contributed by atoms with Gasteiger partial charge in [-0.1, -0.05) is 0 Å². The molecular formula is C15H20F3N3O3. The minimum atomic E-state index is -4.54. The van der Waals surface area contributed by atoms with Gasteiger partial charge in [0, 0.05) is 6.54 Å². The Labute approximate surface area is 138 Å². The molecule has 6 nitrogen and oxygen atoms in total. The molecule has 0 saturated carbocycles. The molecule has 0 aliphatic carbocycles. The molecule has 24 heavy (non-hydrogen) atoms. The highest BCUT2D eigenvalue weighted by Gasteiger charge is 2.34. The van der Waals surface area contributed by atoms with E-state index in [4.69, 9.17) is 9.47 Å². The van der Waals surface area contributed by atoms with Gasteiger partial charge in [-0.05, 0) is 33.6 Å². The molecule has 2 heterocycles. The molecule has 1 aliphatic rings. The quantitative estimate of drug-likeness (QED) is 0.840. The second kappa shape index (κ2) is 6.82. The van der Waals surface area contributed by atoms with Crippen molar-refractivity contribution in [2.45, 2.75) is 51.4 Å². The molecule has 0 radical (unpaired) electrons. The van der Waals surface area contributed by atoms with E-state index in [0.29, 0.717) is 12.7 Å². The molecule has 1 aromatic rings. The Balaban J connectivity index is 1.92. The monoisotopic (exact) mass is 347 g/mol. The minimum absolute atomic E-state index is 0.0148. The van der Waals surface area contributed by atoms with Gasteiger partial charge >= 0.3 is 12.3 Å². The highest BCUT2D eigenvalue weighted by atomic mass is 19.4. The van der Waals surface area contributed by atoms with E-state index in [0.717, 1.165) is 19.0 Å². The fourth-order valence-electron chi connectivity index (χ4n) is 2.29. The van der Waals surface area contributed by atoms with E-state index in [-0.39, 0.29) is 18.5 Å². The summed E-state index contributed by atoms with van der Waals surface area (Å²) in [6.45, 7) is 6.03. The maximum absolute atomic E-state index is 12.4. The number of likely N-dealkylation sites (tertiary alicyclic amines) is 1. The van der Waals surface area contributed by atoms with Crippen molar-refractivity contribution in [2.24, 2.45) is 0 Å². The van der Waals surface area contributed by atoms with Crippen LogP contribution in [0.25, 0.3) is 0 Å². The number of alkyl halides is 3. The lowest BCUT2D eigenvalue weighted by Crippen LogP contribution is -2.42. The number of nitrogens with zero attached hydrogens (tertiary/aromatic N) is 3. The number of amides is 1. The van der Waals surface area contributed by atoms with Crippen molar-refractivity contribution in [1.29, 1.82) is 0 Å². The molecule has 1 aromatic heterocycles. The largest absolute Gasteiger partial charge is 0.474 e. The summed E-state index contributed by atoms with van der Waals surface area (Å²) in [7, 11) is 0. The van der Waals surface area contributed by atoms with Crippen LogP contribution in [0.1, 0.15) is 39.3 Å². The molecule has 0 spiro atoms. The van der Waals surface area contributed by atoms with Gasteiger partial charge in [0.15, 0.2) is 5.69 Å². The lowest BCUT2D eigenvalue weighted by molar-refractivity contribution is -0.141. The van der Waals surface area contributed by atoms with Crippen LogP contribution in [0, 0.1) is 0 Å². The van der Waals surface area contributed by atoms with E-state index in [1.54, 1.807) is 25.7 Å². The van der Waals surface area contributed by atoms with Crippen molar-refractivity contribution >= 4 is 6.09 Å². The molecule has 1 saturated heterocycles. The Morgan fingerprint density at radius 2 is 2.00 bits per heavy atom. The zero-order valence-corrected chi connectivity index (χ0v) is 13.8. The van der Waals surface area contributed by atoms with Crippen molar-refractivity contribution in [1.82, 2.24) is 14.9 Å². The summed E-state index contributed by atoms with van der Waals surface area (Å²) in [6, 6.07) is -0.205. The number of rotatable bonds is 3. The molecule has 1 aliphatic heterocycles. The van der Waals surface area contributed by atoms with Gasteiger partial charge in [0.05, 0.1) is 18.4 Å². The second-order valence-corrected chi connectivity index (χ2v) is 6.52. The van der Waals surface area contributed by atoms with Crippen LogP contribution in [0.4, 0.5) is 18.0 Å². The third-order valence-corrected chi connectivity index (χ3v) is 3.35. The van der Waals surface area contributed by atoms with Crippen LogP contribution >= 0.6 is 0 Å². The number of carbonyl (C=O) groups is 1. The molecule has 0 aromatic carbocycles. The van der Waals surface area contributed by atoms with Crippen LogP contribution in [0.2, 0.25) is 0 Å². The fraction of sp³-hybridized carbons (Fsp3) is 0.667. The van der Waals surface area contributed by atoms with Crippen molar-refractivity contribution in [3.8, 4) is 5.88 Å². The lowest BCUT2D eigenvalue weighted by atomic mass is 10.2. The first-order valence-electron chi connectivity index (χ1n) is 7.58. The zero-order chi connectivity index (χ0) is 18.0. The highest BCUT2D eigenvalue weighted by Crippen LogP contribution is 2.27. The summed E-state index contributed by atoms with van der Waals surface area (Å²) in [4.78, 5) is 20.6. The summed E-state index contributed by atoms with van der Waals surface area (Å²) in [6.07, 6.45) is -1.87. The van der Waals surface area contributed by atoms with Gasteiger partial charge in [-0.3, -0.25) is 0 Å². The first kappa shape index (κ1) is 18.3.